The van der Waals surface area contributed by atoms with E-state index in [1.807, 2.05) is 10.9 Å². The van der Waals surface area contributed by atoms with E-state index >= 15 is 0 Å². The number of carboxylic acid groups (broad SMARTS) is 1. The summed E-state index contributed by atoms with van der Waals surface area (Å²) in [6.07, 6.45) is 1.36. The van der Waals surface area contributed by atoms with Gasteiger partial charge >= 0.3 is 5.97 Å². The highest BCUT2D eigenvalue weighted by Gasteiger charge is 2.29. The highest BCUT2D eigenvalue weighted by Crippen LogP contribution is 2.32. The number of hydrogen-bond acceptors (Lipinski definition) is 7. The van der Waals surface area contributed by atoms with Gasteiger partial charge in [0.2, 0.25) is 5.91 Å². The third-order valence-corrected chi connectivity index (χ3v) is 10.4. The highest BCUT2D eigenvalue weighted by molar-refractivity contribution is 6.32. The van der Waals surface area contributed by atoms with Gasteiger partial charge < -0.3 is 15.3 Å². The Balaban J connectivity index is 0.000000164. The van der Waals surface area contributed by atoms with Gasteiger partial charge in [0.15, 0.2) is 0 Å². The van der Waals surface area contributed by atoms with Crippen LogP contribution in [0.5, 0.6) is 0 Å². The maximum Gasteiger partial charge on any atom is 0.325 e. The van der Waals surface area contributed by atoms with Gasteiger partial charge in [-0.15, -0.1) is 0 Å². The monoisotopic (exact) mass is 864 g/mol. The Morgan fingerprint density at radius 2 is 1.24 bits per heavy atom. The molecule has 0 fully saturated rings. The number of amides is 1. The first-order valence-corrected chi connectivity index (χ1v) is 18.8. The number of nitrogens with one attached hydrogen (secondary N) is 1. The molecule has 0 saturated heterocycles. The van der Waals surface area contributed by atoms with E-state index in [4.69, 9.17) is 28.3 Å². The van der Waals surface area contributed by atoms with Crippen LogP contribution < -0.4 is 10.2 Å². The quantitative estimate of drug-likeness (QED) is 0.146. The molecule has 4 aromatic heterocycles. The summed E-state index contributed by atoms with van der Waals surface area (Å²) in [7, 11) is 0. The van der Waals surface area contributed by atoms with Gasteiger partial charge in [-0.3, -0.25) is 19.0 Å². The third-order valence-electron chi connectivity index (χ3n) is 9.45. The smallest absolute Gasteiger partial charge is 0.325 e. The summed E-state index contributed by atoms with van der Waals surface area (Å²) in [6, 6.07) is 12.3. The summed E-state index contributed by atoms with van der Waals surface area (Å²) < 4.78 is 82.2. The number of rotatable bonds is 8. The summed E-state index contributed by atoms with van der Waals surface area (Å²) in [6.45, 7) is 3.78. The lowest BCUT2D eigenvalue weighted by Gasteiger charge is -2.27. The molecule has 0 unspecified atom stereocenters. The number of fused-ring (bicyclic) bond motifs is 2. The molecule has 2 aliphatic heterocycles. The van der Waals surface area contributed by atoms with Crippen molar-refractivity contribution in [3.63, 3.8) is 0 Å². The van der Waals surface area contributed by atoms with Gasteiger partial charge in [-0.25, -0.2) is 35.7 Å². The molecule has 0 bridgehead atoms. The number of halogens is 8. The number of anilines is 2. The van der Waals surface area contributed by atoms with Gasteiger partial charge in [-0.05, 0) is 88.1 Å². The minimum Gasteiger partial charge on any atom is -0.480 e. The molecular weight excluding hydrogens is 829 g/mol. The molecule has 2 N–H and O–H groups in total. The number of carboxylic acids is 1. The van der Waals surface area contributed by atoms with E-state index in [2.05, 4.69) is 25.7 Å². The number of carbonyl (C=O) groups is 2. The number of aromatic nitrogens is 8. The van der Waals surface area contributed by atoms with Crippen LogP contribution >= 0.6 is 23.2 Å². The molecule has 312 valence electrons. The predicted octanol–water partition coefficient (Wildman–Crippen LogP) is 8.32. The fourth-order valence-corrected chi connectivity index (χ4v) is 6.92. The minimum absolute atomic E-state index is 0.128. The number of benzene rings is 2. The zero-order chi connectivity index (χ0) is 42.5. The number of nitrogens with zero attached hydrogens (tertiary/aromatic N) is 9. The van der Waals surface area contributed by atoms with Crippen LogP contribution in [-0.4, -0.2) is 69.2 Å². The van der Waals surface area contributed by atoms with E-state index in [1.54, 1.807) is 47.0 Å². The number of alkyl halides is 4. The van der Waals surface area contributed by atoms with E-state index in [-0.39, 0.29) is 39.8 Å². The van der Waals surface area contributed by atoms with Crippen molar-refractivity contribution >= 4 is 46.5 Å². The van der Waals surface area contributed by atoms with Crippen LogP contribution in [0.15, 0.2) is 60.9 Å². The van der Waals surface area contributed by atoms with Crippen molar-refractivity contribution in [2.75, 3.05) is 23.3 Å². The summed E-state index contributed by atoms with van der Waals surface area (Å²) in [5.74, 6) is -2.02. The summed E-state index contributed by atoms with van der Waals surface area (Å²) >= 11 is 11.4. The van der Waals surface area contributed by atoms with Crippen molar-refractivity contribution in [1.29, 1.82) is 0 Å². The molecule has 0 atom stereocenters. The van der Waals surface area contributed by atoms with Gasteiger partial charge in [0, 0.05) is 13.1 Å². The molecule has 6 heterocycles. The molecule has 0 aliphatic carbocycles. The van der Waals surface area contributed by atoms with Gasteiger partial charge in [0.25, 0.3) is 12.9 Å². The highest BCUT2D eigenvalue weighted by atomic mass is 35.5. The Morgan fingerprint density at radius 1 is 0.746 bits per heavy atom. The van der Waals surface area contributed by atoms with E-state index in [1.165, 1.54) is 41.6 Å². The molecule has 0 radical (unpaired) electrons. The van der Waals surface area contributed by atoms with Crippen LogP contribution in [-0.2, 0) is 35.5 Å². The summed E-state index contributed by atoms with van der Waals surface area (Å²) in [4.78, 5) is 24.8. The lowest BCUT2D eigenvalue weighted by Crippen LogP contribution is -2.38. The standard InChI is InChI=1S/C19H17ClF3N5O.C12H12FN3.C7H7ClF2N2O2/c1-11-17(20)18(19(22)23)25-27(11)10-16(29)26-8-2-3-14-15(26)9-24-28(14)13-6-4-12(21)5-7-13;13-9-3-5-10(6-4-9)16-12-2-1-7-14-11(12)8-15-16;1-3-5(8)6(7(9)10)11-12(3)2-4(13)14/h4-7,9,19H,2-3,8,10H2,1H3;3-6,8,14H,1-2,7H2;7H,2H2,1H3,(H,13,14). The van der Waals surface area contributed by atoms with E-state index in [0.29, 0.717) is 36.5 Å². The van der Waals surface area contributed by atoms with E-state index in [0.717, 1.165) is 41.1 Å². The molecule has 8 rings (SSSR count). The molecule has 2 aromatic carbocycles. The molecule has 2 aliphatic rings. The van der Waals surface area contributed by atoms with Gasteiger partial charge in [0.05, 0.1) is 68.0 Å². The molecule has 6 aromatic rings. The Hall–Kier alpha value is -5.82. The van der Waals surface area contributed by atoms with E-state index in [9.17, 15) is 35.9 Å². The fraction of sp³-hybridized carbons (Fsp3) is 0.316. The Labute approximate surface area is 342 Å². The number of hydrogen-bond donors (Lipinski definition) is 2. The Kier molecular flexibility index (Phi) is 13.3. The molecule has 0 saturated carbocycles. The second-order valence-corrected chi connectivity index (χ2v) is 14.1. The molecule has 1 amide bonds. The van der Waals surface area contributed by atoms with Crippen molar-refractivity contribution in [1.82, 2.24) is 39.1 Å². The first-order valence-electron chi connectivity index (χ1n) is 18.1. The predicted molar refractivity (Wildman–Crippen MR) is 206 cm³/mol. The van der Waals surface area contributed by atoms with Crippen LogP contribution in [0.25, 0.3) is 11.4 Å². The van der Waals surface area contributed by atoms with Crippen LogP contribution in [0.4, 0.5) is 37.7 Å². The second-order valence-electron chi connectivity index (χ2n) is 13.3. The zero-order valence-electron chi connectivity index (χ0n) is 31.4. The van der Waals surface area contributed by atoms with Crippen molar-refractivity contribution < 1.29 is 41.0 Å². The van der Waals surface area contributed by atoms with Crippen LogP contribution in [0.2, 0.25) is 10.0 Å². The Bertz CT molecular complexity index is 2430. The third kappa shape index (κ3) is 9.57. The zero-order valence-corrected chi connectivity index (χ0v) is 32.9. The normalized spacial score (nSPS) is 13.3. The van der Waals surface area contributed by atoms with Gasteiger partial charge in [0.1, 0.15) is 36.1 Å². The largest absolute Gasteiger partial charge is 0.480 e. The van der Waals surface area contributed by atoms with Crippen LogP contribution in [0.1, 0.15) is 59.9 Å². The van der Waals surface area contributed by atoms with Gasteiger partial charge in [-0.2, -0.15) is 20.4 Å². The molecule has 21 heteroatoms. The Morgan fingerprint density at radius 3 is 1.75 bits per heavy atom. The fourth-order valence-electron chi connectivity index (χ4n) is 6.48. The maximum atomic E-state index is 13.2. The van der Waals surface area contributed by atoms with Crippen LogP contribution in [0.3, 0.4) is 0 Å². The molecule has 13 nitrogen and oxygen atoms in total. The number of aliphatic carboxylic acids is 1. The molecule has 59 heavy (non-hydrogen) atoms. The molecular formula is C38H36Cl2F6N10O3. The summed E-state index contributed by atoms with van der Waals surface area (Å²) in [5.41, 5.74) is 4.79. The van der Waals surface area contributed by atoms with Crippen molar-refractivity contribution in [2.45, 2.75) is 65.5 Å². The lowest BCUT2D eigenvalue weighted by atomic mass is 10.1. The average Bonchev–Trinajstić information content (AvgIpc) is 3.98. The second kappa shape index (κ2) is 18.4. The number of carbonyl (C=O) groups excluding carboxylic acids is 1. The SMILES string of the molecule is Cc1c(Cl)c(C(F)F)nn1CC(=O)N1CCCc2c1cnn2-c1ccc(F)cc1.Cc1c(Cl)c(C(F)F)nn1CC(=O)O.Fc1ccc(-n2ncc3c2CCCN3)cc1. The minimum atomic E-state index is -2.81. The first kappa shape index (κ1) is 42.8. The maximum absolute atomic E-state index is 13.2. The van der Waals surface area contributed by atoms with Crippen LogP contribution in [0, 0.1) is 25.5 Å². The topological polar surface area (TPSA) is 141 Å². The van der Waals surface area contributed by atoms with Crippen molar-refractivity contribution in [3.05, 3.63) is 117 Å². The molecule has 0 spiro atoms. The van der Waals surface area contributed by atoms with E-state index < -0.39 is 36.8 Å². The average molecular weight is 866 g/mol. The van der Waals surface area contributed by atoms with Crippen molar-refractivity contribution in [2.24, 2.45) is 0 Å². The lowest BCUT2D eigenvalue weighted by molar-refractivity contribution is -0.138. The summed E-state index contributed by atoms with van der Waals surface area (Å²) in [5, 5.41) is 27.3. The first-order chi connectivity index (χ1) is 28.1. The van der Waals surface area contributed by atoms with Gasteiger partial charge in [-0.1, -0.05) is 23.2 Å². The van der Waals surface area contributed by atoms with Crippen molar-refractivity contribution in [3.8, 4) is 11.4 Å².